The summed E-state index contributed by atoms with van der Waals surface area (Å²) in [6.45, 7) is 3.83. The van der Waals surface area contributed by atoms with Crippen molar-refractivity contribution in [3.63, 3.8) is 0 Å². The number of carbonyl (C=O) groups excluding carboxylic acids is 1. The maximum absolute atomic E-state index is 12.4. The Balaban J connectivity index is 2.14. The van der Waals surface area contributed by atoms with Gasteiger partial charge in [0.15, 0.2) is 0 Å². The van der Waals surface area contributed by atoms with Gasteiger partial charge < -0.3 is 4.90 Å². The number of alkyl halides is 1. The molecule has 1 aromatic rings. The monoisotopic (exact) mass is 295 g/mol. The van der Waals surface area contributed by atoms with Gasteiger partial charge >= 0.3 is 0 Å². The van der Waals surface area contributed by atoms with Crippen LogP contribution in [0.4, 0.5) is 0 Å². The van der Waals surface area contributed by atoms with Gasteiger partial charge in [-0.1, -0.05) is 41.1 Å². The molecule has 92 valence electrons. The fraction of sp³-hybridized carbons (Fsp3) is 0.500. The van der Waals surface area contributed by atoms with Crippen LogP contribution in [0.5, 0.6) is 0 Å². The lowest BCUT2D eigenvalue weighted by Crippen LogP contribution is -2.39. The average Bonchev–Trinajstić information content (AvgIpc) is 2.39. The zero-order chi connectivity index (χ0) is 12.3. The van der Waals surface area contributed by atoms with Crippen molar-refractivity contribution in [3.05, 3.63) is 35.4 Å². The molecule has 0 spiro atoms. The third kappa shape index (κ3) is 2.89. The van der Waals surface area contributed by atoms with Gasteiger partial charge in [-0.25, -0.2) is 0 Å². The fourth-order valence-corrected chi connectivity index (χ4v) is 2.67. The van der Waals surface area contributed by atoms with Gasteiger partial charge in [-0.2, -0.15) is 0 Å². The summed E-state index contributed by atoms with van der Waals surface area (Å²) in [5.41, 5.74) is 2.03. The number of aryl methyl sites for hydroxylation is 1. The third-order valence-electron chi connectivity index (χ3n) is 3.34. The molecule has 1 fully saturated rings. The minimum absolute atomic E-state index is 0.196. The molecule has 2 nitrogen and oxygen atoms in total. The number of hydrogen-bond donors (Lipinski definition) is 0. The molecule has 1 heterocycles. The van der Waals surface area contributed by atoms with E-state index in [9.17, 15) is 4.79 Å². The van der Waals surface area contributed by atoms with E-state index in [-0.39, 0.29) is 5.91 Å². The summed E-state index contributed by atoms with van der Waals surface area (Å²) in [6.07, 6.45) is 3.02. The van der Waals surface area contributed by atoms with Crippen molar-refractivity contribution in [2.24, 2.45) is 0 Å². The molecule has 0 bridgehead atoms. The molecule has 0 aliphatic carbocycles. The van der Waals surface area contributed by atoms with E-state index in [4.69, 9.17) is 0 Å². The van der Waals surface area contributed by atoms with E-state index >= 15 is 0 Å². The predicted octanol–water partition coefficient (Wildman–Crippen LogP) is 3.25. The number of hydrogen-bond acceptors (Lipinski definition) is 1. The lowest BCUT2D eigenvalue weighted by atomic mass is 10.0. The van der Waals surface area contributed by atoms with E-state index < -0.39 is 0 Å². The molecular weight excluding hydrogens is 278 g/mol. The van der Waals surface area contributed by atoms with Crippen LogP contribution in [0.2, 0.25) is 0 Å². The first-order valence-corrected chi connectivity index (χ1v) is 7.15. The van der Waals surface area contributed by atoms with Gasteiger partial charge in [-0.15, -0.1) is 0 Å². The Bertz CT molecular complexity index is 397. The van der Waals surface area contributed by atoms with Crippen molar-refractivity contribution in [2.75, 3.05) is 13.1 Å². The molecule has 1 aromatic carbocycles. The molecule has 2 rings (SSSR count). The number of rotatable bonds is 2. The zero-order valence-corrected chi connectivity index (χ0v) is 11.7. The highest BCUT2D eigenvalue weighted by Crippen LogP contribution is 2.20. The molecule has 0 N–H and O–H groups in total. The van der Waals surface area contributed by atoms with Crippen molar-refractivity contribution in [1.29, 1.82) is 0 Å². The van der Waals surface area contributed by atoms with E-state index in [2.05, 4.69) is 22.9 Å². The summed E-state index contributed by atoms with van der Waals surface area (Å²) >= 11 is 3.61. The van der Waals surface area contributed by atoms with Crippen LogP contribution >= 0.6 is 15.9 Å². The first-order chi connectivity index (χ1) is 8.22. The normalized spacial score (nSPS) is 17.2. The van der Waals surface area contributed by atoms with E-state index in [1.165, 1.54) is 0 Å². The molecule has 1 amide bonds. The Morgan fingerprint density at radius 1 is 1.35 bits per heavy atom. The Morgan fingerprint density at radius 2 is 2.00 bits per heavy atom. The summed E-state index contributed by atoms with van der Waals surface area (Å²) < 4.78 is 0. The van der Waals surface area contributed by atoms with Crippen LogP contribution in [-0.4, -0.2) is 28.7 Å². The number of carbonyl (C=O) groups is 1. The quantitative estimate of drug-likeness (QED) is 0.767. The highest BCUT2D eigenvalue weighted by atomic mass is 79.9. The van der Waals surface area contributed by atoms with E-state index in [0.29, 0.717) is 4.83 Å². The van der Waals surface area contributed by atoms with E-state index in [1.54, 1.807) is 0 Å². The molecule has 1 saturated heterocycles. The Kier molecular flexibility index (Phi) is 4.21. The van der Waals surface area contributed by atoms with Gasteiger partial charge in [0, 0.05) is 23.5 Å². The molecule has 1 aliphatic heterocycles. The smallest absolute Gasteiger partial charge is 0.254 e. The maximum Gasteiger partial charge on any atom is 0.254 e. The number of benzene rings is 1. The highest BCUT2D eigenvalue weighted by molar-refractivity contribution is 9.09. The lowest BCUT2D eigenvalue weighted by molar-refractivity contribution is 0.0727. The van der Waals surface area contributed by atoms with Gasteiger partial charge in [0.1, 0.15) is 0 Å². The van der Waals surface area contributed by atoms with Crippen LogP contribution in [0.25, 0.3) is 0 Å². The zero-order valence-electron chi connectivity index (χ0n) is 10.2. The summed E-state index contributed by atoms with van der Waals surface area (Å²) in [5, 5.41) is 0. The van der Waals surface area contributed by atoms with Crippen LogP contribution in [0.1, 0.15) is 35.7 Å². The van der Waals surface area contributed by atoms with Crippen molar-refractivity contribution < 1.29 is 4.79 Å². The minimum atomic E-state index is 0.196. The number of likely N-dealkylation sites (tertiary alicyclic amines) is 1. The molecule has 1 aliphatic rings. The van der Waals surface area contributed by atoms with Gasteiger partial charge in [0.2, 0.25) is 0 Å². The van der Waals surface area contributed by atoms with Crippen LogP contribution in [0.15, 0.2) is 24.3 Å². The Morgan fingerprint density at radius 3 is 2.65 bits per heavy atom. The third-order valence-corrected chi connectivity index (χ3v) is 4.26. The number of amides is 1. The molecule has 0 unspecified atom stereocenters. The van der Waals surface area contributed by atoms with Gasteiger partial charge in [0.25, 0.3) is 5.91 Å². The Hall–Kier alpha value is -0.830. The maximum atomic E-state index is 12.4. The summed E-state index contributed by atoms with van der Waals surface area (Å²) in [4.78, 5) is 15.0. The molecule has 0 aromatic heterocycles. The fourth-order valence-electron chi connectivity index (χ4n) is 2.26. The molecule has 3 heteroatoms. The first-order valence-electron chi connectivity index (χ1n) is 6.23. The SMILES string of the molecule is CCc1ccccc1C(=O)N1CCC(Br)CC1. The number of nitrogens with zero attached hydrogens (tertiary/aromatic N) is 1. The van der Waals surface area contributed by atoms with E-state index in [0.717, 1.165) is 43.5 Å². The highest BCUT2D eigenvalue weighted by Gasteiger charge is 2.23. The first kappa shape index (κ1) is 12.6. The molecular formula is C14H18BrNO. The summed E-state index contributed by atoms with van der Waals surface area (Å²) in [6, 6.07) is 7.94. The van der Waals surface area contributed by atoms with Crippen LogP contribution in [0.3, 0.4) is 0 Å². The second-order valence-electron chi connectivity index (χ2n) is 4.48. The van der Waals surface area contributed by atoms with E-state index in [1.807, 2.05) is 29.2 Å². The molecule has 0 atom stereocenters. The Labute approximate surface area is 111 Å². The number of piperidine rings is 1. The van der Waals surface area contributed by atoms with Crippen LogP contribution in [0, 0.1) is 0 Å². The second kappa shape index (κ2) is 5.67. The van der Waals surface area contributed by atoms with Gasteiger partial charge in [0.05, 0.1) is 0 Å². The summed E-state index contributed by atoms with van der Waals surface area (Å²) in [5.74, 6) is 0.196. The molecule has 17 heavy (non-hydrogen) atoms. The summed E-state index contributed by atoms with van der Waals surface area (Å²) in [7, 11) is 0. The van der Waals surface area contributed by atoms with Crippen molar-refractivity contribution >= 4 is 21.8 Å². The topological polar surface area (TPSA) is 20.3 Å². The molecule has 0 radical (unpaired) electrons. The standard InChI is InChI=1S/C14H18BrNO/c1-2-11-5-3-4-6-13(11)14(17)16-9-7-12(15)8-10-16/h3-6,12H,2,7-10H2,1H3. The average molecular weight is 296 g/mol. The van der Waals surface area contributed by atoms with Crippen molar-refractivity contribution in [3.8, 4) is 0 Å². The molecule has 0 saturated carbocycles. The van der Waals surface area contributed by atoms with Crippen molar-refractivity contribution in [2.45, 2.75) is 31.0 Å². The van der Waals surface area contributed by atoms with Gasteiger partial charge in [-0.3, -0.25) is 4.79 Å². The minimum Gasteiger partial charge on any atom is -0.339 e. The van der Waals surface area contributed by atoms with Gasteiger partial charge in [-0.05, 0) is 30.9 Å². The second-order valence-corrected chi connectivity index (χ2v) is 5.77. The predicted molar refractivity (Wildman–Crippen MR) is 73.7 cm³/mol. The number of halogens is 1. The van der Waals surface area contributed by atoms with Crippen LogP contribution in [-0.2, 0) is 6.42 Å². The lowest BCUT2D eigenvalue weighted by Gasteiger charge is -2.30. The largest absolute Gasteiger partial charge is 0.339 e. The van der Waals surface area contributed by atoms with Crippen LogP contribution < -0.4 is 0 Å². The van der Waals surface area contributed by atoms with Crippen molar-refractivity contribution in [1.82, 2.24) is 4.90 Å².